The van der Waals surface area contributed by atoms with Crippen LogP contribution in [0.4, 0.5) is 0 Å². The number of halogens is 1. The fraction of sp³-hybridized carbons (Fsp3) is 0.138. The number of para-hydroxylation sites is 1. The molecule has 5 heteroatoms. The molecule has 0 aliphatic rings. The molecule has 0 bridgehead atoms. The fourth-order valence-corrected chi connectivity index (χ4v) is 4.05. The summed E-state index contributed by atoms with van der Waals surface area (Å²) in [5.41, 5.74) is 4.43. The Labute approximate surface area is 205 Å². The molecular weight excluding hydrogens is 442 g/mol. The summed E-state index contributed by atoms with van der Waals surface area (Å²) >= 11 is 6.24. The molecule has 0 fully saturated rings. The Kier molecular flexibility index (Phi) is 7.19. The number of nitrogens with zero attached hydrogens (tertiary/aromatic N) is 3. The third-order valence-electron chi connectivity index (χ3n) is 5.38. The van der Waals surface area contributed by atoms with Crippen LogP contribution < -0.4 is 0 Å². The second kappa shape index (κ2) is 10.4. The van der Waals surface area contributed by atoms with Gasteiger partial charge in [-0.3, -0.25) is 0 Å². The van der Waals surface area contributed by atoms with E-state index in [-0.39, 0.29) is 0 Å². The van der Waals surface area contributed by atoms with Gasteiger partial charge >= 0.3 is 0 Å². The van der Waals surface area contributed by atoms with Gasteiger partial charge in [0.15, 0.2) is 17.5 Å². The van der Waals surface area contributed by atoms with Crippen molar-refractivity contribution < 1.29 is 4.42 Å². The summed E-state index contributed by atoms with van der Waals surface area (Å²) in [6.07, 6.45) is 2.60. The van der Waals surface area contributed by atoms with Crippen molar-refractivity contribution in [3.05, 3.63) is 95.7 Å². The zero-order valence-corrected chi connectivity index (χ0v) is 20.3. The lowest BCUT2D eigenvalue weighted by molar-refractivity contribution is 0.600. The highest BCUT2D eigenvalue weighted by Gasteiger charge is 2.18. The molecular formula is C29H26ClN3O. The summed E-state index contributed by atoms with van der Waals surface area (Å²) < 4.78 is 6.20. The van der Waals surface area contributed by atoms with Crippen molar-refractivity contribution in [1.29, 1.82) is 0 Å². The Balaban J connectivity index is 0.00000133. The van der Waals surface area contributed by atoms with Gasteiger partial charge < -0.3 is 4.42 Å². The Morgan fingerprint density at radius 3 is 2.15 bits per heavy atom. The third-order valence-corrected chi connectivity index (χ3v) is 5.61. The second-order valence-corrected chi connectivity index (χ2v) is 7.80. The number of benzene rings is 3. The molecule has 170 valence electrons. The smallest absolute Gasteiger partial charge is 0.167 e. The Morgan fingerprint density at radius 2 is 1.47 bits per heavy atom. The van der Waals surface area contributed by atoms with Crippen molar-refractivity contribution in [3.8, 4) is 34.2 Å². The van der Waals surface area contributed by atoms with E-state index in [0.29, 0.717) is 22.5 Å². The summed E-state index contributed by atoms with van der Waals surface area (Å²) in [4.78, 5) is 14.4. The zero-order valence-electron chi connectivity index (χ0n) is 19.5. The summed E-state index contributed by atoms with van der Waals surface area (Å²) in [6, 6.07) is 23.4. The van der Waals surface area contributed by atoms with Crippen LogP contribution in [0, 0.1) is 0 Å². The van der Waals surface area contributed by atoms with E-state index < -0.39 is 0 Å². The van der Waals surface area contributed by atoms with E-state index in [2.05, 4.69) is 19.6 Å². The van der Waals surface area contributed by atoms with Crippen LogP contribution in [0.2, 0.25) is 5.02 Å². The van der Waals surface area contributed by atoms with Gasteiger partial charge in [0, 0.05) is 27.1 Å². The minimum absolute atomic E-state index is 0.548. The Morgan fingerprint density at radius 1 is 0.824 bits per heavy atom. The summed E-state index contributed by atoms with van der Waals surface area (Å²) in [5, 5.41) is 1.67. The standard InChI is InChI=1S/C27H20ClN3O.C2H6/c1-3-20-21-14-9-15-22(24(21)32-23(20)4-2)27-30-25(17-10-6-5-7-11-17)29-26(31-27)18-12-8-13-19(28)16-18;1-2/h4-16H,2-3H2,1H3;1-2H3. The molecule has 0 saturated carbocycles. The number of furan rings is 1. The molecule has 4 nitrogen and oxygen atoms in total. The van der Waals surface area contributed by atoms with Crippen LogP contribution in [0.25, 0.3) is 51.2 Å². The first-order valence-corrected chi connectivity index (χ1v) is 11.8. The number of hydrogen-bond acceptors (Lipinski definition) is 4. The predicted molar refractivity (Wildman–Crippen MR) is 142 cm³/mol. The maximum absolute atomic E-state index is 6.24. The molecule has 3 aromatic carbocycles. The molecule has 0 aliphatic carbocycles. The van der Waals surface area contributed by atoms with Crippen LogP contribution >= 0.6 is 11.6 Å². The van der Waals surface area contributed by atoms with Crippen molar-refractivity contribution >= 4 is 28.6 Å². The van der Waals surface area contributed by atoms with Crippen LogP contribution in [0.1, 0.15) is 32.1 Å². The summed E-state index contributed by atoms with van der Waals surface area (Å²) in [7, 11) is 0. The molecule has 0 radical (unpaired) electrons. The van der Waals surface area contributed by atoms with Crippen molar-refractivity contribution in [2.24, 2.45) is 0 Å². The van der Waals surface area contributed by atoms with Gasteiger partial charge in [-0.15, -0.1) is 0 Å². The van der Waals surface area contributed by atoms with Gasteiger partial charge in [0.05, 0.1) is 5.56 Å². The highest BCUT2D eigenvalue weighted by molar-refractivity contribution is 6.30. The monoisotopic (exact) mass is 467 g/mol. The van der Waals surface area contributed by atoms with Crippen molar-refractivity contribution in [1.82, 2.24) is 15.0 Å². The molecule has 5 aromatic rings. The first-order valence-electron chi connectivity index (χ1n) is 11.4. The van der Waals surface area contributed by atoms with Crippen LogP contribution in [0.5, 0.6) is 0 Å². The highest BCUT2D eigenvalue weighted by Crippen LogP contribution is 2.35. The van der Waals surface area contributed by atoms with Crippen molar-refractivity contribution in [2.45, 2.75) is 27.2 Å². The van der Waals surface area contributed by atoms with Crippen LogP contribution in [-0.4, -0.2) is 15.0 Å². The first-order chi connectivity index (χ1) is 16.7. The second-order valence-electron chi connectivity index (χ2n) is 7.37. The SMILES string of the molecule is C=Cc1oc2c(-c3nc(-c4ccccc4)nc(-c4cccc(Cl)c4)n3)cccc2c1CC.CC. The molecule has 0 saturated heterocycles. The van der Waals surface area contributed by atoms with Gasteiger partial charge in [-0.25, -0.2) is 15.0 Å². The number of rotatable bonds is 5. The van der Waals surface area contributed by atoms with E-state index in [0.717, 1.165) is 45.4 Å². The van der Waals surface area contributed by atoms with Crippen LogP contribution in [-0.2, 0) is 6.42 Å². The third kappa shape index (κ3) is 4.50. The number of aryl methyl sites for hydroxylation is 1. The minimum atomic E-state index is 0.548. The maximum Gasteiger partial charge on any atom is 0.167 e. The quantitative estimate of drug-likeness (QED) is 0.260. The Bertz CT molecular complexity index is 1440. The highest BCUT2D eigenvalue weighted by atomic mass is 35.5. The molecule has 34 heavy (non-hydrogen) atoms. The lowest BCUT2D eigenvalue weighted by atomic mass is 10.0. The molecule has 2 heterocycles. The lowest BCUT2D eigenvalue weighted by Gasteiger charge is -2.09. The molecule has 0 aliphatic heterocycles. The molecule has 0 spiro atoms. The maximum atomic E-state index is 6.24. The van der Waals surface area contributed by atoms with Gasteiger partial charge in [0.2, 0.25) is 0 Å². The van der Waals surface area contributed by atoms with Crippen molar-refractivity contribution in [3.63, 3.8) is 0 Å². The van der Waals surface area contributed by atoms with Crippen LogP contribution in [0.3, 0.4) is 0 Å². The van der Waals surface area contributed by atoms with E-state index in [1.54, 1.807) is 6.08 Å². The molecule has 0 amide bonds. The lowest BCUT2D eigenvalue weighted by Crippen LogP contribution is -2.00. The number of aromatic nitrogens is 3. The van der Waals surface area contributed by atoms with Crippen molar-refractivity contribution in [2.75, 3.05) is 0 Å². The van der Waals surface area contributed by atoms with Gasteiger partial charge in [0.1, 0.15) is 11.3 Å². The molecule has 2 aromatic heterocycles. The van der Waals surface area contributed by atoms with E-state index >= 15 is 0 Å². The van der Waals surface area contributed by atoms with Crippen LogP contribution in [0.15, 0.2) is 83.8 Å². The van der Waals surface area contributed by atoms with E-state index in [9.17, 15) is 0 Å². The molecule has 0 N–H and O–H groups in total. The van der Waals surface area contributed by atoms with Gasteiger partial charge in [-0.1, -0.05) is 93.5 Å². The van der Waals surface area contributed by atoms with E-state index in [4.69, 9.17) is 31.0 Å². The molecule has 0 atom stereocenters. The first kappa shape index (κ1) is 23.4. The number of fused-ring (bicyclic) bond motifs is 1. The molecule has 0 unspecified atom stereocenters. The average Bonchev–Trinajstić information content (AvgIpc) is 3.28. The van der Waals surface area contributed by atoms with E-state index in [1.807, 2.05) is 80.6 Å². The summed E-state index contributed by atoms with van der Waals surface area (Å²) in [5.74, 6) is 2.47. The minimum Gasteiger partial charge on any atom is -0.456 e. The fourth-order valence-electron chi connectivity index (χ4n) is 3.86. The van der Waals surface area contributed by atoms with Gasteiger partial charge in [-0.2, -0.15) is 0 Å². The topological polar surface area (TPSA) is 51.8 Å². The number of hydrogen-bond donors (Lipinski definition) is 0. The van der Waals surface area contributed by atoms with Gasteiger partial charge in [0.25, 0.3) is 0 Å². The Hall–Kier alpha value is -3.76. The molecule has 5 rings (SSSR count). The van der Waals surface area contributed by atoms with Gasteiger partial charge in [-0.05, 0) is 30.7 Å². The van der Waals surface area contributed by atoms with E-state index in [1.165, 1.54) is 0 Å². The summed E-state index contributed by atoms with van der Waals surface area (Å²) in [6.45, 7) is 10.0. The largest absolute Gasteiger partial charge is 0.456 e. The normalized spacial score (nSPS) is 10.6. The zero-order chi connectivity index (χ0) is 24.1. The predicted octanol–water partition coefficient (Wildman–Crippen LogP) is 8.50. The average molecular weight is 468 g/mol.